The van der Waals surface area contributed by atoms with E-state index in [1.54, 1.807) is 34.8 Å². The molecule has 0 N–H and O–H groups in total. The van der Waals surface area contributed by atoms with Gasteiger partial charge in [0.1, 0.15) is 35.4 Å². The molecule has 4 aliphatic carbocycles. The minimum Gasteiger partial charge on any atom is -0.289 e. The van der Waals surface area contributed by atoms with Crippen molar-refractivity contribution in [1.82, 2.24) is 0 Å². The number of Topliss-reactive ketones (excluding diaryl/α,β-unsaturated/α-hetero) is 2. The van der Waals surface area contributed by atoms with Gasteiger partial charge in [0.05, 0.1) is 49.1 Å². The number of carbonyl (C=O) groups is 2. The van der Waals surface area contributed by atoms with Crippen LogP contribution in [0.15, 0.2) is 131 Å². The van der Waals surface area contributed by atoms with Crippen LogP contribution in [-0.4, -0.2) is 11.6 Å². The number of ketones is 2. The molecule has 0 amide bonds. The van der Waals surface area contributed by atoms with Crippen LogP contribution in [0.3, 0.4) is 0 Å². The largest absolute Gasteiger partial charge is 0.289 e. The Labute approximate surface area is 509 Å². The van der Waals surface area contributed by atoms with Crippen LogP contribution in [0.25, 0.3) is 71.0 Å². The normalized spacial score (nSPS) is 16.0. The fraction of sp³-hybridized carbons (Fsp3) is 0.0909. The Kier molecular flexibility index (Phi) is 11.0. The van der Waals surface area contributed by atoms with Gasteiger partial charge >= 0.3 is 0 Å². The number of hydrogen-bond acceptors (Lipinski definition) is 16. The lowest BCUT2D eigenvalue weighted by Gasteiger charge is -2.30. The number of carbonyl (C=O) groups excluding carboxylic acids is 2. The van der Waals surface area contributed by atoms with Gasteiger partial charge in [-0.2, -0.15) is 21.0 Å². The smallest absolute Gasteiger partial charge is 0.194 e. The van der Waals surface area contributed by atoms with E-state index in [0.717, 1.165) is 19.2 Å². The maximum atomic E-state index is 14.2. The van der Waals surface area contributed by atoms with Crippen molar-refractivity contribution in [3.63, 3.8) is 0 Å². The molecule has 82 heavy (non-hydrogen) atoms. The van der Waals surface area contributed by atoms with Crippen molar-refractivity contribution in [1.29, 1.82) is 21.0 Å². The molecule has 0 bridgehead atoms. The molecule has 0 unspecified atom stereocenters. The SMILES string of the molecule is Cc1ccc(C2(c3ccc(C)s3)c3c(sc4cc(C=C5C(=O)c6ccccc6C5=C(C#N)C#N)sc34)-c3sc4c5c(sc4c32)-c2sc3cc(C=C4C(=O)c6ccccc6C4=C(C#N)C#N)sc3c2C5(c2ccc(C)s2)c2ccc(C)s2)s1. The molecule has 16 heteroatoms. The Morgan fingerprint density at radius 2 is 0.707 bits per heavy atom. The Hall–Kier alpha value is -7.52. The number of rotatable bonds is 6. The van der Waals surface area contributed by atoms with Crippen LogP contribution in [0, 0.1) is 73.0 Å². The summed E-state index contributed by atoms with van der Waals surface area (Å²) in [4.78, 5) is 45.3. The molecule has 0 atom stereocenters. The Morgan fingerprint density at radius 1 is 0.390 bits per heavy atom. The van der Waals surface area contributed by atoms with E-state index < -0.39 is 10.8 Å². The summed E-state index contributed by atoms with van der Waals surface area (Å²) < 4.78 is 7.19. The quantitative estimate of drug-likeness (QED) is 0.120. The number of nitrogens with zero attached hydrogens (tertiary/aromatic N) is 4. The summed E-state index contributed by atoms with van der Waals surface area (Å²) in [5.41, 5.74) is 7.46. The van der Waals surface area contributed by atoms with Gasteiger partial charge in [-0.15, -0.1) is 113 Å². The van der Waals surface area contributed by atoms with Gasteiger partial charge in [-0.25, -0.2) is 0 Å². The summed E-state index contributed by atoms with van der Waals surface area (Å²) in [5.74, 6) is -0.377. The number of allylic oxidation sites excluding steroid dienone is 6. The zero-order chi connectivity index (χ0) is 55.8. The van der Waals surface area contributed by atoms with E-state index in [2.05, 4.69) is 113 Å². The van der Waals surface area contributed by atoms with Crippen molar-refractivity contribution in [2.45, 2.75) is 38.5 Å². The average molecular weight is 1230 g/mol. The topological polar surface area (TPSA) is 129 Å². The molecule has 0 fully saturated rings. The number of hydrogen-bond donors (Lipinski definition) is 0. The number of nitriles is 4. The minimum atomic E-state index is -0.670. The van der Waals surface area contributed by atoms with Crippen LogP contribution in [-0.2, 0) is 10.8 Å². The van der Waals surface area contributed by atoms with Gasteiger partial charge in [0.25, 0.3) is 0 Å². The molecular weight excluding hydrogens is 1200 g/mol. The van der Waals surface area contributed by atoms with E-state index >= 15 is 0 Å². The van der Waals surface area contributed by atoms with Gasteiger partial charge in [-0.3, -0.25) is 9.59 Å². The fourth-order valence-electron chi connectivity index (χ4n) is 12.9. The molecule has 10 aromatic heterocycles. The number of aryl methyl sites for hydroxylation is 4. The van der Waals surface area contributed by atoms with E-state index in [1.165, 1.54) is 99.6 Å². The van der Waals surface area contributed by atoms with Crippen LogP contribution in [0.1, 0.15) is 103 Å². The first-order chi connectivity index (χ1) is 39.9. The summed E-state index contributed by atoms with van der Waals surface area (Å²) in [6.07, 6.45) is 3.80. The molecule has 0 aliphatic heterocycles. The van der Waals surface area contributed by atoms with Gasteiger partial charge < -0.3 is 0 Å². The lowest BCUT2D eigenvalue weighted by atomic mass is 9.75. The summed E-state index contributed by atoms with van der Waals surface area (Å²) in [6.45, 7) is 8.78. The zero-order valence-corrected chi connectivity index (χ0v) is 51.4. The van der Waals surface area contributed by atoms with E-state index in [9.17, 15) is 30.6 Å². The fourth-order valence-corrected chi connectivity index (χ4v) is 26.2. The van der Waals surface area contributed by atoms with Crippen molar-refractivity contribution in [3.05, 3.63) is 225 Å². The third-order valence-electron chi connectivity index (χ3n) is 16.1. The second-order valence-electron chi connectivity index (χ2n) is 20.5. The molecule has 0 saturated carbocycles. The lowest BCUT2D eigenvalue weighted by Crippen LogP contribution is -2.26. The number of fused-ring (bicyclic) bond motifs is 15. The highest BCUT2D eigenvalue weighted by atomic mass is 32.1. The maximum absolute atomic E-state index is 14.2. The van der Waals surface area contributed by atoms with Gasteiger partial charge in [0, 0.05) is 114 Å². The van der Waals surface area contributed by atoms with E-state index in [4.69, 9.17) is 0 Å². The average Bonchev–Trinajstić information content (AvgIpc) is 1.51. The first kappa shape index (κ1) is 50.2. The maximum Gasteiger partial charge on any atom is 0.194 e. The predicted octanol–water partition coefficient (Wildman–Crippen LogP) is 19.9. The third-order valence-corrected chi connectivity index (χ3v) is 28.2. The highest BCUT2D eigenvalue weighted by Gasteiger charge is 2.58. The first-order valence-electron chi connectivity index (χ1n) is 25.7. The molecule has 6 nitrogen and oxygen atoms in total. The van der Waals surface area contributed by atoms with Crippen molar-refractivity contribution in [2.75, 3.05) is 0 Å². The summed E-state index contributed by atoms with van der Waals surface area (Å²) in [6, 6.07) is 45.6. The molecule has 388 valence electrons. The van der Waals surface area contributed by atoms with E-state index in [0.29, 0.717) is 44.5 Å². The number of thiophene rings is 10. The van der Waals surface area contributed by atoms with Crippen molar-refractivity contribution >= 4 is 176 Å². The Bertz CT molecular complexity index is 4840. The van der Waals surface area contributed by atoms with E-state index in [1.807, 2.05) is 139 Å². The van der Waals surface area contributed by atoms with Crippen LogP contribution in [0.2, 0.25) is 0 Å². The van der Waals surface area contributed by atoms with Crippen molar-refractivity contribution in [3.8, 4) is 43.8 Å². The summed E-state index contributed by atoms with van der Waals surface area (Å²) in [5, 5.41) is 40.7. The van der Waals surface area contributed by atoms with Gasteiger partial charge in [-0.05, 0) is 112 Å². The van der Waals surface area contributed by atoms with Gasteiger partial charge in [0.2, 0.25) is 0 Å². The Balaban J connectivity index is 0.958. The van der Waals surface area contributed by atoms with Gasteiger partial charge in [0.15, 0.2) is 11.6 Å². The summed E-state index contributed by atoms with van der Waals surface area (Å²) in [7, 11) is 0. The third kappa shape index (κ3) is 6.51. The Morgan fingerprint density at radius 3 is 1.02 bits per heavy atom. The molecule has 10 heterocycles. The highest BCUT2D eigenvalue weighted by molar-refractivity contribution is 7.38. The van der Waals surface area contributed by atoms with Crippen LogP contribution >= 0.6 is 113 Å². The van der Waals surface area contributed by atoms with Crippen molar-refractivity contribution in [2.24, 2.45) is 0 Å². The highest BCUT2D eigenvalue weighted by Crippen LogP contribution is 2.73. The zero-order valence-electron chi connectivity index (χ0n) is 43.2. The predicted molar refractivity (Wildman–Crippen MR) is 345 cm³/mol. The second kappa shape index (κ2) is 18.0. The molecule has 4 aliphatic rings. The summed E-state index contributed by atoms with van der Waals surface area (Å²) >= 11 is 18.3. The molecule has 16 rings (SSSR count). The molecule has 0 saturated heterocycles. The van der Waals surface area contributed by atoms with Crippen LogP contribution in [0.5, 0.6) is 0 Å². The minimum absolute atomic E-state index is 0.0758. The van der Waals surface area contributed by atoms with Crippen LogP contribution < -0.4 is 0 Å². The monoisotopic (exact) mass is 1230 g/mol. The van der Waals surface area contributed by atoms with Gasteiger partial charge in [-0.1, -0.05) is 48.5 Å². The standard InChI is InChI=1S/C66H32N4O2S10/c1-29-13-17-45(73-29)65(46-18-14-30(2)74-46)51-57-43(23-35(77-57)21-41-49(33(25-67)26-68)37-9-5-7-11-39(37)55(41)71)79-59(51)61-53(65)63-64(81-61)54-62(82-63)60-52(66(54,47-19-15-31(3)75-47)48-20-16-32(4)76-48)58-44(80-60)24-36(78-58)22-42-50(34(27-69)28-70)38-10-6-8-12-40(38)56(42)72/h5-24H,1-4H3. The second-order valence-corrected chi connectivity index (χ2v) is 32.0. The molecule has 12 aromatic rings. The lowest BCUT2D eigenvalue weighted by molar-refractivity contribution is 0.103. The number of benzene rings is 2. The first-order valence-corrected chi connectivity index (χ1v) is 33.9. The molecule has 0 radical (unpaired) electrons. The van der Waals surface area contributed by atoms with Crippen molar-refractivity contribution < 1.29 is 9.59 Å². The molecule has 2 aromatic carbocycles. The molecular formula is C66H32N4O2S10. The van der Waals surface area contributed by atoms with Crippen LogP contribution in [0.4, 0.5) is 0 Å². The molecule has 0 spiro atoms. The van der Waals surface area contributed by atoms with E-state index in [-0.39, 0.29) is 22.7 Å².